The third kappa shape index (κ3) is 4.58. The molecule has 3 rings (SSSR count). The highest BCUT2D eigenvalue weighted by Gasteiger charge is 2.09. The van der Waals surface area contributed by atoms with Gasteiger partial charge < -0.3 is 4.52 Å². The molecule has 1 N–H and O–H groups in total. The van der Waals surface area contributed by atoms with Gasteiger partial charge in [-0.2, -0.15) is 4.98 Å². The average molecular weight is 369 g/mol. The van der Waals surface area contributed by atoms with Crippen LogP contribution in [0.3, 0.4) is 0 Å². The van der Waals surface area contributed by atoms with Gasteiger partial charge in [-0.05, 0) is 49.8 Å². The van der Waals surface area contributed by atoms with Crippen molar-refractivity contribution in [3.05, 3.63) is 65.5 Å². The molecule has 0 aliphatic heterocycles. The Hall–Kier alpha value is -2.93. The Kier molecular flexibility index (Phi) is 5.18. The zero-order chi connectivity index (χ0) is 18.6. The van der Waals surface area contributed by atoms with Gasteiger partial charge in [0.1, 0.15) is 0 Å². The Morgan fingerprint density at radius 2 is 1.73 bits per heavy atom. The second-order valence-corrected chi connectivity index (χ2v) is 7.79. The van der Waals surface area contributed by atoms with Crippen molar-refractivity contribution < 1.29 is 12.9 Å². The van der Waals surface area contributed by atoms with E-state index in [1.807, 2.05) is 37.3 Å². The van der Waals surface area contributed by atoms with Crippen LogP contribution < -0.4 is 4.72 Å². The van der Waals surface area contributed by atoms with Crippen molar-refractivity contribution in [1.82, 2.24) is 10.1 Å². The van der Waals surface area contributed by atoms with Crippen LogP contribution in [0, 0.1) is 6.92 Å². The highest BCUT2D eigenvalue weighted by Crippen LogP contribution is 2.20. The van der Waals surface area contributed by atoms with E-state index in [4.69, 9.17) is 4.52 Å². The van der Waals surface area contributed by atoms with E-state index in [9.17, 15) is 8.42 Å². The van der Waals surface area contributed by atoms with Gasteiger partial charge in [0.2, 0.25) is 15.8 Å². The maximum absolute atomic E-state index is 11.6. The summed E-state index contributed by atoms with van der Waals surface area (Å²) >= 11 is 0. The lowest BCUT2D eigenvalue weighted by molar-refractivity contribution is 0.411. The van der Waals surface area contributed by atoms with Crippen LogP contribution in [0.25, 0.3) is 23.5 Å². The quantitative estimate of drug-likeness (QED) is 0.710. The number of anilines is 1. The van der Waals surface area contributed by atoms with Gasteiger partial charge in [-0.25, -0.2) is 8.42 Å². The summed E-state index contributed by atoms with van der Waals surface area (Å²) in [7, 11) is -3.29. The number of sulfonamides is 1. The SMILES string of the molecule is CCS(=O)(=O)Nc1ccc(-c2noc(C=Cc3ccc(C)cc3)n2)cc1. The van der Waals surface area contributed by atoms with Crippen molar-refractivity contribution in [2.75, 3.05) is 10.5 Å². The number of nitrogens with zero attached hydrogens (tertiary/aromatic N) is 2. The van der Waals surface area contributed by atoms with Crippen LogP contribution in [0.15, 0.2) is 53.1 Å². The first-order chi connectivity index (χ1) is 12.4. The fourth-order valence-electron chi connectivity index (χ4n) is 2.20. The molecule has 1 aromatic heterocycles. The summed E-state index contributed by atoms with van der Waals surface area (Å²) in [6.07, 6.45) is 3.66. The van der Waals surface area contributed by atoms with Crippen molar-refractivity contribution in [3.8, 4) is 11.4 Å². The number of rotatable bonds is 6. The summed E-state index contributed by atoms with van der Waals surface area (Å²) in [4.78, 5) is 4.33. The number of benzene rings is 2. The van der Waals surface area contributed by atoms with E-state index < -0.39 is 10.0 Å². The van der Waals surface area contributed by atoms with Crippen molar-refractivity contribution in [2.45, 2.75) is 13.8 Å². The summed E-state index contributed by atoms with van der Waals surface area (Å²) in [6, 6.07) is 14.9. The van der Waals surface area contributed by atoms with Gasteiger partial charge in [0.15, 0.2) is 0 Å². The van der Waals surface area contributed by atoms with E-state index in [2.05, 4.69) is 14.9 Å². The van der Waals surface area contributed by atoms with Crippen molar-refractivity contribution in [1.29, 1.82) is 0 Å². The number of aromatic nitrogens is 2. The van der Waals surface area contributed by atoms with Crippen LogP contribution in [0.4, 0.5) is 5.69 Å². The highest BCUT2D eigenvalue weighted by molar-refractivity contribution is 7.92. The molecule has 0 unspecified atom stereocenters. The first-order valence-electron chi connectivity index (χ1n) is 8.14. The molecule has 0 aliphatic rings. The molecule has 0 radical (unpaired) electrons. The Morgan fingerprint density at radius 1 is 1.04 bits per heavy atom. The number of nitrogens with one attached hydrogen (secondary N) is 1. The molecule has 1 heterocycles. The minimum Gasteiger partial charge on any atom is -0.334 e. The lowest BCUT2D eigenvalue weighted by Gasteiger charge is -2.05. The highest BCUT2D eigenvalue weighted by atomic mass is 32.2. The van der Waals surface area contributed by atoms with Gasteiger partial charge in [0, 0.05) is 17.3 Å². The molecule has 6 nitrogen and oxygen atoms in total. The van der Waals surface area contributed by atoms with E-state index >= 15 is 0 Å². The molecule has 2 aromatic carbocycles. The number of hydrogen-bond acceptors (Lipinski definition) is 5. The van der Waals surface area contributed by atoms with Crippen LogP contribution in [0.5, 0.6) is 0 Å². The van der Waals surface area contributed by atoms with E-state index in [-0.39, 0.29) is 5.75 Å². The van der Waals surface area contributed by atoms with Gasteiger partial charge >= 0.3 is 0 Å². The first kappa shape index (κ1) is 17.9. The van der Waals surface area contributed by atoms with Crippen LogP contribution in [-0.2, 0) is 10.0 Å². The van der Waals surface area contributed by atoms with Gasteiger partial charge in [-0.1, -0.05) is 35.0 Å². The summed E-state index contributed by atoms with van der Waals surface area (Å²) in [6.45, 7) is 3.62. The molecule has 134 valence electrons. The molecule has 0 saturated carbocycles. The molecule has 0 fully saturated rings. The normalized spacial score (nSPS) is 11.8. The van der Waals surface area contributed by atoms with E-state index in [0.29, 0.717) is 17.4 Å². The smallest absolute Gasteiger partial charge is 0.250 e. The zero-order valence-corrected chi connectivity index (χ0v) is 15.3. The summed E-state index contributed by atoms with van der Waals surface area (Å²) in [5, 5.41) is 3.96. The number of aryl methyl sites for hydroxylation is 1. The second kappa shape index (κ2) is 7.53. The maximum Gasteiger partial charge on any atom is 0.250 e. The third-order valence-corrected chi connectivity index (χ3v) is 5.04. The largest absolute Gasteiger partial charge is 0.334 e. The summed E-state index contributed by atoms with van der Waals surface area (Å²) in [5.74, 6) is 0.866. The predicted molar refractivity (Wildman–Crippen MR) is 103 cm³/mol. The third-order valence-electron chi connectivity index (χ3n) is 3.73. The number of hydrogen-bond donors (Lipinski definition) is 1. The fourth-order valence-corrected chi connectivity index (χ4v) is 2.84. The van der Waals surface area contributed by atoms with E-state index in [1.165, 1.54) is 5.56 Å². The van der Waals surface area contributed by atoms with Gasteiger partial charge in [-0.15, -0.1) is 0 Å². The van der Waals surface area contributed by atoms with E-state index in [0.717, 1.165) is 11.1 Å². The van der Waals surface area contributed by atoms with Gasteiger partial charge in [-0.3, -0.25) is 4.72 Å². The lowest BCUT2D eigenvalue weighted by atomic mass is 10.1. The van der Waals surface area contributed by atoms with Gasteiger partial charge in [0.25, 0.3) is 5.89 Å². The molecule has 0 aliphatic carbocycles. The Bertz CT molecular complexity index is 1000. The van der Waals surface area contributed by atoms with Crippen LogP contribution in [-0.4, -0.2) is 24.3 Å². The molecular formula is C19H19N3O3S. The fraction of sp³-hybridized carbons (Fsp3) is 0.158. The molecule has 0 bridgehead atoms. The van der Waals surface area contributed by atoms with Crippen LogP contribution in [0.2, 0.25) is 0 Å². The van der Waals surface area contributed by atoms with Crippen molar-refractivity contribution in [3.63, 3.8) is 0 Å². The molecule has 0 saturated heterocycles. The Morgan fingerprint density at radius 3 is 2.38 bits per heavy atom. The van der Waals surface area contributed by atoms with Gasteiger partial charge in [0.05, 0.1) is 5.75 Å². The standard InChI is InChI=1S/C19H19N3O3S/c1-3-26(23,24)22-17-11-9-16(10-12-17)19-20-18(25-21-19)13-8-15-6-4-14(2)5-7-15/h4-13,22H,3H2,1-2H3. The monoisotopic (exact) mass is 369 g/mol. The molecule has 0 atom stereocenters. The molecule has 3 aromatic rings. The second-order valence-electron chi connectivity index (χ2n) is 5.78. The molecule has 0 amide bonds. The van der Waals surface area contributed by atoms with E-state index in [1.54, 1.807) is 37.3 Å². The summed E-state index contributed by atoms with van der Waals surface area (Å²) in [5.41, 5.74) is 3.48. The topological polar surface area (TPSA) is 85.1 Å². The molecular weight excluding hydrogens is 350 g/mol. The zero-order valence-electron chi connectivity index (χ0n) is 14.5. The maximum atomic E-state index is 11.6. The van der Waals surface area contributed by atoms with Crippen molar-refractivity contribution in [2.24, 2.45) is 0 Å². The average Bonchev–Trinajstić information content (AvgIpc) is 3.11. The molecule has 0 spiro atoms. The minimum absolute atomic E-state index is 0.0241. The minimum atomic E-state index is -3.29. The molecule has 7 heteroatoms. The van der Waals surface area contributed by atoms with Crippen molar-refractivity contribution >= 4 is 27.9 Å². The first-order valence-corrected chi connectivity index (χ1v) is 9.80. The van der Waals surface area contributed by atoms with Crippen LogP contribution in [0.1, 0.15) is 23.9 Å². The molecule has 26 heavy (non-hydrogen) atoms. The summed E-state index contributed by atoms with van der Waals surface area (Å²) < 4.78 is 30.9. The Balaban J connectivity index is 1.72. The van der Waals surface area contributed by atoms with Crippen LogP contribution >= 0.6 is 0 Å². The Labute approximate surface area is 152 Å². The predicted octanol–water partition coefficient (Wildman–Crippen LogP) is 3.98. The lowest BCUT2D eigenvalue weighted by Crippen LogP contribution is -2.14.